The Hall–Kier alpha value is -2.11. The fourth-order valence-corrected chi connectivity index (χ4v) is 1.56. The summed E-state index contributed by atoms with van der Waals surface area (Å²) in [6.07, 6.45) is 0.721. The van der Waals surface area contributed by atoms with Gasteiger partial charge in [-0.1, -0.05) is 13.0 Å². The number of carbonyl (C=O) groups is 2. The summed E-state index contributed by atoms with van der Waals surface area (Å²) in [6.45, 7) is 3.72. The van der Waals surface area contributed by atoms with Crippen molar-refractivity contribution in [1.82, 2.24) is 15.6 Å². The number of pyridine rings is 1. The second-order valence-corrected chi connectivity index (χ2v) is 3.95. The number of hydrogen-bond acceptors (Lipinski definition) is 3. The summed E-state index contributed by atoms with van der Waals surface area (Å²) >= 11 is 0. The molecule has 4 N–H and O–H groups in total. The Morgan fingerprint density at radius 1 is 1.44 bits per heavy atom. The van der Waals surface area contributed by atoms with Gasteiger partial charge in [0.15, 0.2) is 0 Å². The van der Waals surface area contributed by atoms with Crippen molar-refractivity contribution in [3.05, 3.63) is 29.6 Å². The Bertz CT molecular complexity index is 434. The van der Waals surface area contributed by atoms with Gasteiger partial charge < -0.3 is 16.4 Å². The number of urea groups is 1. The highest BCUT2D eigenvalue weighted by atomic mass is 16.2. The highest BCUT2D eigenvalue weighted by Gasteiger charge is 2.14. The Labute approximate surface area is 106 Å². The first-order chi connectivity index (χ1) is 8.52. The van der Waals surface area contributed by atoms with Crippen LogP contribution in [-0.2, 0) is 4.79 Å². The standard InChI is InChI=1S/C12H18N4O2/c1-3-9(10-6-4-5-8(2)15-10)16-11(17)7-14-12(13)18/h4-6,9H,3,7H2,1-2H3,(H,16,17)(H3,13,14,18). The Balaban J connectivity index is 2.62. The predicted octanol–water partition coefficient (Wildman–Crippen LogP) is 0.626. The molecule has 18 heavy (non-hydrogen) atoms. The maximum absolute atomic E-state index is 11.6. The fraction of sp³-hybridized carbons (Fsp3) is 0.417. The largest absolute Gasteiger partial charge is 0.352 e. The summed E-state index contributed by atoms with van der Waals surface area (Å²) in [5.41, 5.74) is 6.60. The molecular weight excluding hydrogens is 232 g/mol. The molecule has 0 bridgehead atoms. The SMILES string of the molecule is CCC(NC(=O)CNC(N)=O)c1cccc(C)n1. The van der Waals surface area contributed by atoms with E-state index in [1.165, 1.54) is 0 Å². The molecule has 0 saturated carbocycles. The van der Waals surface area contributed by atoms with Crippen LogP contribution in [0.15, 0.2) is 18.2 Å². The van der Waals surface area contributed by atoms with Crippen molar-refractivity contribution in [3.8, 4) is 0 Å². The zero-order valence-corrected chi connectivity index (χ0v) is 10.6. The molecule has 0 aromatic carbocycles. The quantitative estimate of drug-likeness (QED) is 0.714. The van der Waals surface area contributed by atoms with E-state index < -0.39 is 6.03 Å². The molecule has 0 fully saturated rings. The Kier molecular flexibility index (Phi) is 5.10. The number of aryl methyl sites for hydroxylation is 1. The lowest BCUT2D eigenvalue weighted by Crippen LogP contribution is -2.40. The first-order valence-electron chi connectivity index (χ1n) is 5.79. The molecule has 1 aromatic rings. The molecule has 1 atom stereocenters. The van der Waals surface area contributed by atoms with E-state index in [2.05, 4.69) is 15.6 Å². The highest BCUT2D eigenvalue weighted by molar-refractivity contribution is 5.83. The van der Waals surface area contributed by atoms with Crippen LogP contribution in [0, 0.1) is 6.92 Å². The molecule has 1 unspecified atom stereocenters. The number of aromatic nitrogens is 1. The molecular formula is C12H18N4O2. The van der Waals surface area contributed by atoms with Gasteiger partial charge in [-0.2, -0.15) is 0 Å². The second-order valence-electron chi connectivity index (χ2n) is 3.95. The summed E-state index contributed by atoms with van der Waals surface area (Å²) in [6, 6.07) is 4.78. The molecule has 0 aliphatic carbocycles. The number of nitrogens with zero attached hydrogens (tertiary/aromatic N) is 1. The van der Waals surface area contributed by atoms with Gasteiger partial charge in [-0.3, -0.25) is 9.78 Å². The lowest BCUT2D eigenvalue weighted by molar-refractivity contribution is -0.120. The topological polar surface area (TPSA) is 97.1 Å². The maximum atomic E-state index is 11.6. The molecule has 1 aromatic heterocycles. The molecule has 0 aliphatic heterocycles. The van der Waals surface area contributed by atoms with Gasteiger partial charge in [0, 0.05) is 5.69 Å². The van der Waals surface area contributed by atoms with Crippen LogP contribution < -0.4 is 16.4 Å². The van der Waals surface area contributed by atoms with Crippen LogP contribution in [0.25, 0.3) is 0 Å². The van der Waals surface area contributed by atoms with Crippen molar-refractivity contribution >= 4 is 11.9 Å². The normalized spacial score (nSPS) is 11.7. The first-order valence-corrected chi connectivity index (χ1v) is 5.79. The summed E-state index contributed by atoms with van der Waals surface area (Å²) in [7, 11) is 0. The van der Waals surface area contributed by atoms with Crippen molar-refractivity contribution in [2.75, 3.05) is 6.54 Å². The third-order valence-electron chi connectivity index (χ3n) is 2.43. The smallest absolute Gasteiger partial charge is 0.312 e. The van der Waals surface area contributed by atoms with Gasteiger partial charge in [0.2, 0.25) is 5.91 Å². The van der Waals surface area contributed by atoms with Crippen LogP contribution in [0.1, 0.15) is 30.8 Å². The molecule has 3 amide bonds. The zero-order chi connectivity index (χ0) is 13.5. The van der Waals surface area contributed by atoms with Gasteiger partial charge in [-0.05, 0) is 25.5 Å². The molecule has 1 heterocycles. The summed E-state index contributed by atoms with van der Waals surface area (Å²) in [5.74, 6) is -0.288. The summed E-state index contributed by atoms with van der Waals surface area (Å²) in [5, 5.41) is 5.04. The minimum Gasteiger partial charge on any atom is -0.352 e. The fourth-order valence-electron chi connectivity index (χ4n) is 1.56. The van der Waals surface area contributed by atoms with Crippen molar-refractivity contribution in [3.63, 3.8) is 0 Å². The molecule has 1 rings (SSSR count). The van der Waals surface area contributed by atoms with E-state index in [0.29, 0.717) is 0 Å². The number of hydrogen-bond donors (Lipinski definition) is 3. The van der Waals surface area contributed by atoms with Crippen molar-refractivity contribution in [1.29, 1.82) is 0 Å². The van der Waals surface area contributed by atoms with Crippen LogP contribution in [0.5, 0.6) is 0 Å². The minimum atomic E-state index is -0.716. The van der Waals surface area contributed by atoms with Gasteiger partial charge in [-0.15, -0.1) is 0 Å². The van der Waals surface area contributed by atoms with Crippen LogP contribution in [0.4, 0.5) is 4.79 Å². The number of nitrogens with two attached hydrogens (primary N) is 1. The van der Waals surface area contributed by atoms with Gasteiger partial charge in [0.25, 0.3) is 0 Å². The minimum absolute atomic E-state index is 0.127. The average Bonchev–Trinajstić information content (AvgIpc) is 2.33. The third-order valence-corrected chi connectivity index (χ3v) is 2.43. The molecule has 6 nitrogen and oxygen atoms in total. The van der Waals surface area contributed by atoms with Gasteiger partial charge in [0.05, 0.1) is 18.3 Å². The van der Waals surface area contributed by atoms with Crippen molar-refractivity contribution in [2.24, 2.45) is 5.73 Å². The third kappa shape index (κ3) is 4.40. The average molecular weight is 250 g/mol. The molecule has 0 radical (unpaired) electrons. The number of nitrogens with one attached hydrogen (secondary N) is 2. The van der Waals surface area contributed by atoms with Crippen LogP contribution in [-0.4, -0.2) is 23.5 Å². The van der Waals surface area contributed by atoms with E-state index in [1.807, 2.05) is 32.0 Å². The second kappa shape index (κ2) is 6.58. The number of primary amides is 1. The van der Waals surface area contributed by atoms with Gasteiger partial charge in [-0.25, -0.2) is 4.79 Å². The van der Waals surface area contributed by atoms with E-state index in [-0.39, 0.29) is 18.5 Å². The van der Waals surface area contributed by atoms with E-state index in [0.717, 1.165) is 17.8 Å². The van der Waals surface area contributed by atoms with Crippen LogP contribution in [0.3, 0.4) is 0 Å². The van der Waals surface area contributed by atoms with Gasteiger partial charge >= 0.3 is 6.03 Å². The Morgan fingerprint density at radius 2 is 2.17 bits per heavy atom. The molecule has 0 aliphatic rings. The lowest BCUT2D eigenvalue weighted by Gasteiger charge is -2.16. The van der Waals surface area contributed by atoms with Crippen LogP contribution in [0.2, 0.25) is 0 Å². The highest BCUT2D eigenvalue weighted by Crippen LogP contribution is 2.14. The summed E-state index contributed by atoms with van der Waals surface area (Å²) < 4.78 is 0. The van der Waals surface area contributed by atoms with E-state index in [4.69, 9.17) is 5.73 Å². The molecule has 0 saturated heterocycles. The molecule has 98 valence electrons. The van der Waals surface area contributed by atoms with E-state index >= 15 is 0 Å². The molecule has 6 heteroatoms. The monoisotopic (exact) mass is 250 g/mol. The van der Waals surface area contributed by atoms with Crippen molar-refractivity contribution in [2.45, 2.75) is 26.3 Å². The lowest BCUT2D eigenvalue weighted by atomic mass is 10.1. The maximum Gasteiger partial charge on any atom is 0.312 e. The summed E-state index contributed by atoms with van der Waals surface area (Å²) in [4.78, 5) is 26.4. The van der Waals surface area contributed by atoms with Gasteiger partial charge in [0.1, 0.15) is 0 Å². The van der Waals surface area contributed by atoms with Crippen molar-refractivity contribution < 1.29 is 9.59 Å². The number of carbonyl (C=O) groups excluding carboxylic acids is 2. The van der Waals surface area contributed by atoms with Crippen LogP contribution >= 0.6 is 0 Å². The number of amides is 3. The Morgan fingerprint density at radius 3 is 2.72 bits per heavy atom. The van der Waals surface area contributed by atoms with E-state index in [9.17, 15) is 9.59 Å². The number of rotatable bonds is 5. The zero-order valence-electron chi connectivity index (χ0n) is 10.6. The predicted molar refractivity (Wildman–Crippen MR) is 67.7 cm³/mol. The molecule has 0 spiro atoms. The first kappa shape index (κ1) is 14.0. The van der Waals surface area contributed by atoms with E-state index in [1.54, 1.807) is 0 Å².